The van der Waals surface area contributed by atoms with E-state index in [1.807, 2.05) is 0 Å². The van der Waals surface area contributed by atoms with Gasteiger partial charge in [0.05, 0.1) is 0 Å². The Morgan fingerprint density at radius 2 is 1.84 bits per heavy atom. The van der Waals surface area contributed by atoms with Crippen molar-refractivity contribution >= 4 is 17.7 Å². The minimum Gasteiger partial charge on any atom is -0.465 e. The molecule has 1 aromatic heterocycles. The average Bonchev–Trinajstić information content (AvgIpc) is 2.61. The van der Waals surface area contributed by atoms with Gasteiger partial charge >= 0.3 is 6.09 Å². The Labute approximate surface area is 146 Å². The molecule has 0 saturated heterocycles. The second-order valence-corrected chi connectivity index (χ2v) is 7.04. The molecule has 7 heteroatoms. The van der Waals surface area contributed by atoms with Gasteiger partial charge in [-0.25, -0.2) is 4.79 Å². The number of anilines is 1. The Hall–Kier alpha value is -2.31. The van der Waals surface area contributed by atoms with Crippen LogP contribution in [0.5, 0.6) is 0 Å². The van der Waals surface area contributed by atoms with Crippen LogP contribution in [-0.2, 0) is 17.6 Å². The molecule has 1 fully saturated rings. The fraction of sp³-hybridized carbons (Fsp3) is 0.611. The molecule has 1 heterocycles. The van der Waals surface area contributed by atoms with Gasteiger partial charge in [0.15, 0.2) is 0 Å². The summed E-state index contributed by atoms with van der Waals surface area (Å²) in [6, 6.07) is 0.914. The van der Waals surface area contributed by atoms with Crippen molar-refractivity contribution in [1.29, 1.82) is 0 Å². The highest BCUT2D eigenvalue weighted by Gasteiger charge is 2.31. The van der Waals surface area contributed by atoms with Gasteiger partial charge in [0.1, 0.15) is 11.7 Å². The molecule has 3 rings (SSSR count). The number of rotatable bonds is 4. The van der Waals surface area contributed by atoms with E-state index < -0.39 is 18.0 Å². The van der Waals surface area contributed by atoms with Gasteiger partial charge in [-0.2, -0.15) is 0 Å². The molecule has 25 heavy (non-hydrogen) atoms. The van der Waals surface area contributed by atoms with Crippen molar-refractivity contribution < 1.29 is 14.7 Å². The van der Waals surface area contributed by atoms with Crippen LogP contribution in [0, 0.1) is 5.92 Å². The molecular weight excluding hydrogens is 322 g/mol. The smallest absolute Gasteiger partial charge is 0.405 e. The Kier molecular flexibility index (Phi) is 5.40. The first-order valence-corrected chi connectivity index (χ1v) is 9.10. The topological polar surface area (TPSA) is 111 Å². The normalized spacial score (nSPS) is 18.9. The van der Waals surface area contributed by atoms with Gasteiger partial charge in [-0.1, -0.05) is 19.3 Å². The van der Waals surface area contributed by atoms with Crippen LogP contribution in [-0.4, -0.2) is 28.1 Å². The number of aromatic nitrogens is 1. The molecule has 0 unspecified atom stereocenters. The third-order valence-corrected chi connectivity index (χ3v) is 5.28. The maximum Gasteiger partial charge on any atom is 0.405 e. The molecule has 0 spiro atoms. The number of amides is 2. The Morgan fingerprint density at radius 1 is 1.12 bits per heavy atom. The van der Waals surface area contributed by atoms with Crippen LogP contribution >= 0.6 is 0 Å². The van der Waals surface area contributed by atoms with Crippen LogP contribution in [0.3, 0.4) is 0 Å². The molecule has 0 bridgehead atoms. The van der Waals surface area contributed by atoms with Crippen LogP contribution in [0.15, 0.2) is 10.9 Å². The number of carbonyl (C=O) groups excluding carboxylic acids is 1. The third kappa shape index (κ3) is 4.21. The number of aryl methyl sites for hydroxylation is 2. The molecule has 2 aliphatic rings. The average molecular weight is 347 g/mol. The van der Waals surface area contributed by atoms with Gasteiger partial charge in [-0.15, -0.1) is 0 Å². The van der Waals surface area contributed by atoms with E-state index in [0.717, 1.165) is 69.0 Å². The van der Waals surface area contributed by atoms with E-state index in [-0.39, 0.29) is 17.2 Å². The van der Waals surface area contributed by atoms with Gasteiger partial charge < -0.3 is 20.7 Å². The van der Waals surface area contributed by atoms with Crippen molar-refractivity contribution in [3.05, 3.63) is 27.7 Å². The van der Waals surface area contributed by atoms with Gasteiger partial charge in [0.25, 0.3) is 5.56 Å². The molecule has 0 aliphatic heterocycles. The zero-order valence-electron chi connectivity index (χ0n) is 14.3. The van der Waals surface area contributed by atoms with E-state index in [1.54, 1.807) is 6.07 Å². The van der Waals surface area contributed by atoms with Crippen molar-refractivity contribution in [2.75, 3.05) is 5.32 Å². The molecule has 0 radical (unpaired) electrons. The maximum atomic E-state index is 12.7. The molecule has 136 valence electrons. The fourth-order valence-electron chi connectivity index (χ4n) is 3.98. The highest BCUT2D eigenvalue weighted by molar-refractivity contribution is 5.96. The molecule has 1 aromatic rings. The SMILES string of the molecule is O=C(O)N[C@H](C(=O)Nc1cc2c([nH]c1=O)CCCC2)C1CCCCC1. The summed E-state index contributed by atoms with van der Waals surface area (Å²) in [6.07, 6.45) is 7.38. The molecule has 4 N–H and O–H groups in total. The lowest BCUT2D eigenvalue weighted by Gasteiger charge is -2.29. The zero-order valence-corrected chi connectivity index (χ0v) is 14.3. The summed E-state index contributed by atoms with van der Waals surface area (Å²) >= 11 is 0. The summed E-state index contributed by atoms with van der Waals surface area (Å²) in [5.41, 5.74) is 1.88. The first kappa shape index (κ1) is 17.5. The largest absolute Gasteiger partial charge is 0.465 e. The molecular formula is C18H25N3O4. The molecule has 2 amide bonds. The number of hydrogen-bond acceptors (Lipinski definition) is 3. The Morgan fingerprint density at radius 3 is 2.56 bits per heavy atom. The second kappa shape index (κ2) is 7.72. The minimum atomic E-state index is -1.22. The van der Waals surface area contributed by atoms with Crippen molar-refractivity contribution in [1.82, 2.24) is 10.3 Å². The highest BCUT2D eigenvalue weighted by Crippen LogP contribution is 2.27. The maximum absolute atomic E-state index is 12.7. The number of nitrogens with one attached hydrogen (secondary N) is 3. The van der Waals surface area contributed by atoms with Crippen LogP contribution in [0.25, 0.3) is 0 Å². The second-order valence-electron chi connectivity index (χ2n) is 7.04. The monoisotopic (exact) mass is 347 g/mol. The number of fused-ring (bicyclic) bond motifs is 1. The number of hydrogen-bond donors (Lipinski definition) is 4. The third-order valence-electron chi connectivity index (χ3n) is 5.28. The van der Waals surface area contributed by atoms with Crippen molar-refractivity contribution in [2.45, 2.75) is 63.8 Å². The highest BCUT2D eigenvalue weighted by atomic mass is 16.4. The standard InChI is InChI=1S/C18H25N3O4/c22-16-14(10-12-8-4-5-9-13(12)19-16)20-17(23)15(21-18(24)25)11-6-2-1-3-7-11/h10-11,15,21H,1-9H2,(H,19,22)(H,20,23)(H,24,25)/t15-/m0/s1. The summed E-state index contributed by atoms with van der Waals surface area (Å²) in [7, 11) is 0. The van der Waals surface area contributed by atoms with Crippen molar-refractivity contribution in [2.24, 2.45) is 5.92 Å². The van der Waals surface area contributed by atoms with E-state index in [0.29, 0.717) is 0 Å². The Bertz CT molecular complexity index is 707. The predicted molar refractivity (Wildman–Crippen MR) is 93.9 cm³/mol. The first-order chi connectivity index (χ1) is 12.0. The zero-order chi connectivity index (χ0) is 17.8. The summed E-state index contributed by atoms with van der Waals surface area (Å²) in [5.74, 6) is -0.475. The lowest BCUT2D eigenvalue weighted by molar-refractivity contribution is -0.119. The summed E-state index contributed by atoms with van der Waals surface area (Å²) in [4.78, 5) is 38.9. The summed E-state index contributed by atoms with van der Waals surface area (Å²) < 4.78 is 0. The number of aromatic amines is 1. The quantitative estimate of drug-likeness (QED) is 0.670. The first-order valence-electron chi connectivity index (χ1n) is 9.10. The van der Waals surface area contributed by atoms with Gasteiger partial charge in [0, 0.05) is 5.69 Å². The van der Waals surface area contributed by atoms with Crippen LogP contribution in [0.1, 0.15) is 56.2 Å². The van der Waals surface area contributed by atoms with E-state index in [4.69, 9.17) is 5.11 Å². The molecule has 1 atom stereocenters. The van der Waals surface area contributed by atoms with E-state index in [1.165, 1.54) is 0 Å². The molecule has 2 aliphatic carbocycles. The minimum absolute atomic E-state index is 0.0263. The number of carboxylic acid groups (broad SMARTS) is 1. The van der Waals surface area contributed by atoms with E-state index >= 15 is 0 Å². The fourth-order valence-corrected chi connectivity index (χ4v) is 3.98. The summed E-state index contributed by atoms with van der Waals surface area (Å²) in [5, 5.41) is 14.1. The predicted octanol–water partition coefficient (Wildman–Crippen LogP) is 2.41. The van der Waals surface area contributed by atoms with Crippen LogP contribution in [0.2, 0.25) is 0 Å². The lowest BCUT2D eigenvalue weighted by atomic mass is 9.83. The van der Waals surface area contributed by atoms with E-state index in [9.17, 15) is 14.4 Å². The number of pyridine rings is 1. The number of carbonyl (C=O) groups is 2. The van der Waals surface area contributed by atoms with Crippen molar-refractivity contribution in [3.63, 3.8) is 0 Å². The van der Waals surface area contributed by atoms with Crippen LogP contribution in [0.4, 0.5) is 10.5 Å². The summed E-state index contributed by atoms with van der Waals surface area (Å²) in [6.45, 7) is 0. The van der Waals surface area contributed by atoms with Gasteiger partial charge in [0.2, 0.25) is 5.91 Å². The van der Waals surface area contributed by atoms with Gasteiger partial charge in [-0.3, -0.25) is 9.59 Å². The van der Waals surface area contributed by atoms with Crippen LogP contribution < -0.4 is 16.2 Å². The molecule has 1 saturated carbocycles. The van der Waals surface area contributed by atoms with Gasteiger partial charge in [-0.05, 0) is 56.1 Å². The van der Waals surface area contributed by atoms with E-state index in [2.05, 4.69) is 15.6 Å². The van der Waals surface area contributed by atoms with Crippen molar-refractivity contribution in [3.8, 4) is 0 Å². The molecule has 0 aromatic carbocycles. The molecule has 7 nitrogen and oxygen atoms in total. The Balaban J connectivity index is 1.78. The lowest BCUT2D eigenvalue weighted by Crippen LogP contribution is -2.49. The number of H-pyrrole nitrogens is 1.